The van der Waals surface area contributed by atoms with Gasteiger partial charge in [-0.15, -0.1) is 0 Å². The first kappa shape index (κ1) is 16.1. The molecule has 0 aliphatic heterocycles. The SMILES string of the molecule is C#CNc1cc(-c2cnc(C)c(/C(Cl)=C\CC)c2)ccc1F. The van der Waals surface area contributed by atoms with Crippen molar-refractivity contribution in [1.29, 1.82) is 0 Å². The summed E-state index contributed by atoms with van der Waals surface area (Å²) in [5, 5.41) is 3.22. The molecule has 0 atom stereocenters. The smallest absolute Gasteiger partial charge is 0.147 e. The molecule has 0 bridgehead atoms. The van der Waals surface area contributed by atoms with Crippen LogP contribution < -0.4 is 5.32 Å². The largest absolute Gasteiger partial charge is 0.312 e. The Morgan fingerprint density at radius 1 is 1.41 bits per heavy atom. The van der Waals surface area contributed by atoms with Gasteiger partial charge in [0.1, 0.15) is 5.82 Å². The molecule has 0 radical (unpaired) electrons. The van der Waals surface area contributed by atoms with E-state index >= 15 is 0 Å². The van der Waals surface area contributed by atoms with Gasteiger partial charge in [-0.3, -0.25) is 4.98 Å². The van der Waals surface area contributed by atoms with Crippen molar-refractivity contribution >= 4 is 22.3 Å². The minimum absolute atomic E-state index is 0.261. The van der Waals surface area contributed by atoms with Crippen LogP contribution in [0.15, 0.2) is 36.5 Å². The first-order valence-corrected chi connectivity index (χ1v) is 7.28. The molecule has 0 aliphatic rings. The molecule has 0 aliphatic carbocycles. The number of hydrogen-bond donors (Lipinski definition) is 1. The average molecular weight is 315 g/mol. The second-order valence-corrected chi connectivity index (χ2v) is 5.19. The van der Waals surface area contributed by atoms with Crippen LogP contribution in [0.25, 0.3) is 16.2 Å². The van der Waals surface area contributed by atoms with Crippen molar-refractivity contribution in [3.8, 4) is 23.6 Å². The summed E-state index contributed by atoms with van der Waals surface area (Å²) in [6, 6.07) is 8.88. The van der Waals surface area contributed by atoms with Gasteiger partial charge >= 0.3 is 0 Å². The zero-order valence-electron chi connectivity index (χ0n) is 12.5. The second-order valence-electron chi connectivity index (χ2n) is 4.78. The number of aromatic nitrogens is 1. The number of terminal acetylenes is 1. The highest BCUT2D eigenvalue weighted by molar-refractivity contribution is 6.48. The van der Waals surface area contributed by atoms with Crippen LogP contribution in [0, 0.1) is 25.2 Å². The fraction of sp³-hybridized carbons (Fsp3) is 0.167. The van der Waals surface area contributed by atoms with E-state index in [9.17, 15) is 4.39 Å². The molecule has 2 rings (SSSR count). The van der Waals surface area contributed by atoms with Gasteiger partial charge in [-0.25, -0.2) is 4.39 Å². The number of pyridine rings is 1. The molecule has 0 saturated carbocycles. The van der Waals surface area contributed by atoms with Crippen molar-refractivity contribution in [2.45, 2.75) is 20.3 Å². The van der Waals surface area contributed by atoms with Gasteiger partial charge < -0.3 is 5.32 Å². The Hall–Kier alpha value is -2.31. The Morgan fingerprint density at radius 3 is 2.86 bits per heavy atom. The van der Waals surface area contributed by atoms with Crippen molar-refractivity contribution < 1.29 is 4.39 Å². The highest BCUT2D eigenvalue weighted by Crippen LogP contribution is 2.29. The molecule has 0 amide bonds. The number of rotatable bonds is 4. The molecule has 22 heavy (non-hydrogen) atoms. The van der Waals surface area contributed by atoms with Crippen LogP contribution in [-0.4, -0.2) is 4.98 Å². The zero-order chi connectivity index (χ0) is 16.1. The Kier molecular flexibility index (Phi) is 5.19. The Bertz CT molecular complexity index is 760. The zero-order valence-corrected chi connectivity index (χ0v) is 13.2. The van der Waals surface area contributed by atoms with E-state index in [1.165, 1.54) is 6.07 Å². The highest BCUT2D eigenvalue weighted by atomic mass is 35.5. The molecule has 0 unspecified atom stereocenters. The van der Waals surface area contributed by atoms with Crippen molar-refractivity contribution in [3.05, 3.63) is 53.6 Å². The lowest BCUT2D eigenvalue weighted by molar-refractivity contribution is 0.632. The van der Waals surface area contributed by atoms with Crippen LogP contribution >= 0.6 is 11.6 Å². The van der Waals surface area contributed by atoms with Crippen LogP contribution in [-0.2, 0) is 0 Å². The summed E-state index contributed by atoms with van der Waals surface area (Å²) in [6.07, 6.45) is 9.69. The van der Waals surface area contributed by atoms with Gasteiger partial charge in [-0.05, 0) is 37.1 Å². The number of nitrogens with one attached hydrogen (secondary N) is 1. The maximum Gasteiger partial charge on any atom is 0.147 e. The molecule has 1 heterocycles. The van der Waals surface area contributed by atoms with Crippen LogP contribution in [0.5, 0.6) is 0 Å². The van der Waals surface area contributed by atoms with Gasteiger partial charge in [0.15, 0.2) is 0 Å². The van der Waals surface area contributed by atoms with E-state index in [0.29, 0.717) is 5.03 Å². The Labute approximate surface area is 135 Å². The predicted molar refractivity (Wildman–Crippen MR) is 90.9 cm³/mol. The number of anilines is 1. The van der Waals surface area contributed by atoms with Crippen LogP contribution in [0.1, 0.15) is 24.6 Å². The lowest BCUT2D eigenvalue weighted by atomic mass is 10.0. The molecule has 0 spiro atoms. The minimum Gasteiger partial charge on any atom is -0.312 e. The van der Waals surface area contributed by atoms with E-state index < -0.39 is 5.82 Å². The molecule has 4 heteroatoms. The highest BCUT2D eigenvalue weighted by Gasteiger charge is 2.09. The first-order valence-electron chi connectivity index (χ1n) is 6.91. The summed E-state index contributed by atoms with van der Waals surface area (Å²) in [6.45, 7) is 3.92. The van der Waals surface area contributed by atoms with E-state index in [1.54, 1.807) is 18.3 Å². The van der Waals surface area contributed by atoms with E-state index in [1.807, 2.05) is 26.0 Å². The summed E-state index contributed by atoms with van der Waals surface area (Å²) in [5.41, 5.74) is 3.65. The predicted octanol–water partition coefficient (Wildman–Crippen LogP) is 5.19. The maximum absolute atomic E-state index is 13.6. The number of allylic oxidation sites excluding steroid dienone is 1. The van der Waals surface area contributed by atoms with E-state index in [4.69, 9.17) is 18.0 Å². The van der Waals surface area contributed by atoms with E-state index in [-0.39, 0.29) is 5.69 Å². The third kappa shape index (κ3) is 3.47. The fourth-order valence-corrected chi connectivity index (χ4v) is 2.45. The van der Waals surface area contributed by atoms with Crippen molar-refractivity contribution in [3.63, 3.8) is 0 Å². The standard InChI is InChI=1S/C18H16ClFN2/c1-4-6-16(19)15-9-14(11-22-12(15)3)13-7-8-17(20)18(10-13)21-5-2/h2,6-11,21H,4H2,1,3H3/b16-6+. The summed E-state index contributed by atoms with van der Waals surface area (Å²) < 4.78 is 13.6. The van der Waals surface area contributed by atoms with Crippen molar-refractivity contribution in [1.82, 2.24) is 4.98 Å². The van der Waals surface area contributed by atoms with Gasteiger partial charge in [-0.2, -0.15) is 0 Å². The summed E-state index contributed by atoms with van der Waals surface area (Å²) in [5.74, 6) is -0.397. The molecule has 1 N–H and O–H groups in total. The van der Waals surface area contributed by atoms with E-state index in [2.05, 4.69) is 16.3 Å². The van der Waals surface area contributed by atoms with Gasteiger partial charge in [0.05, 0.1) is 5.69 Å². The molecule has 2 aromatic rings. The summed E-state index contributed by atoms with van der Waals surface area (Å²) >= 11 is 6.30. The molecule has 2 nitrogen and oxygen atoms in total. The third-order valence-corrected chi connectivity index (χ3v) is 3.59. The van der Waals surface area contributed by atoms with Gasteiger partial charge in [0.2, 0.25) is 0 Å². The lowest BCUT2D eigenvalue weighted by Gasteiger charge is -2.09. The quantitative estimate of drug-likeness (QED) is 0.620. The number of halogens is 2. The lowest BCUT2D eigenvalue weighted by Crippen LogP contribution is -1.94. The minimum atomic E-state index is -0.397. The van der Waals surface area contributed by atoms with Gasteiger partial charge in [0, 0.05) is 34.1 Å². The molecule has 1 aromatic heterocycles. The normalized spacial score (nSPS) is 11.1. The van der Waals surface area contributed by atoms with Crippen molar-refractivity contribution in [2.75, 3.05) is 5.32 Å². The summed E-state index contributed by atoms with van der Waals surface area (Å²) in [7, 11) is 0. The Balaban J connectivity index is 2.50. The second kappa shape index (κ2) is 7.11. The fourth-order valence-electron chi connectivity index (χ4n) is 2.10. The summed E-state index contributed by atoms with van der Waals surface area (Å²) in [4.78, 5) is 4.38. The van der Waals surface area contributed by atoms with Crippen LogP contribution in [0.2, 0.25) is 0 Å². The molecule has 112 valence electrons. The van der Waals surface area contributed by atoms with Crippen LogP contribution in [0.3, 0.4) is 0 Å². The van der Waals surface area contributed by atoms with E-state index in [0.717, 1.165) is 28.8 Å². The number of aryl methyl sites for hydroxylation is 1. The van der Waals surface area contributed by atoms with Crippen LogP contribution in [0.4, 0.5) is 10.1 Å². The molecule has 1 aromatic carbocycles. The first-order chi connectivity index (χ1) is 10.6. The monoisotopic (exact) mass is 314 g/mol. The molecular weight excluding hydrogens is 299 g/mol. The Morgan fingerprint density at radius 2 is 2.18 bits per heavy atom. The number of benzene rings is 1. The molecule has 0 fully saturated rings. The maximum atomic E-state index is 13.6. The number of hydrogen-bond acceptors (Lipinski definition) is 2. The third-order valence-electron chi connectivity index (χ3n) is 3.23. The average Bonchev–Trinajstić information content (AvgIpc) is 2.50. The molecule has 0 saturated heterocycles. The molecular formula is C18H16ClFN2. The van der Waals surface area contributed by atoms with Gasteiger partial charge in [-0.1, -0.05) is 37.1 Å². The van der Waals surface area contributed by atoms with Crippen molar-refractivity contribution in [2.24, 2.45) is 0 Å². The van der Waals surface area contributed by atoms with Gasteiger partial charge in [0.25, 0.3) is 0 Å². The number of nitrogens with zero attached hydrogens (tertiary/aromatic N) is 1. The topological polar surface area (TPSA) is 24.9 Å².